The molecule has 0 bridgehead atoms. The van der Waals surface area contributed by atoms with E-state index in [9.17, 15) is 8.78 Å². The van der Waals surface area contributed by atoms with E-state index in [1.54, 1.807) is 6.07 Å². The Balaban J connectivity index is 2.27. The second-order valence-electron chi connectivity index (χ2n) is 4.82. The van der Waals surface area contributed by atoms with Crippen LogP contribution in [0.3, 0.4) is 0 Å². The summed E-state index contributed by atoms with van der Waals surface area (Å²) >= 11 is 9.03. The van der Waals surface area contributed by atoms with Crippen LogP contribution in [0.15, 0.2) is 10.5 Å². The number of anilines is 1. The monoisotopic (exact) mass is 377 g/mol. The molecule has 1 atom stereocenters. The van der Waals surface area contributed by atoms with Gasteiger partial charge in [-0.15, -0.1) is 0 Å². The predicted molar refractivity (Wildman–Crippen MR) is 79.8 cm³/mol. The minimum absolute atomic E-state index is 0.00161. The lowest BCUT2D eigenvalue weighted by Crippen LogP contribution is -2.44. The normalized spacial score (nSPS) is 19.3. The van der Waals surface area contributed by atoms with Gasteiger partial charge in [-0.3, -0.25) is 0 Å². The van der Waals surface area contributed by atoms with E-state index in [2.05, 4.69) is 25.9 Å². The lowest BCUT2D eigenvalue weighted by Gasteiger charge is -2.34. The number of aromatic nitrogens is 2. The van der Waals surface area contributed by atoms with Gasteiger partial charge < -0.3 is 9.64 Å². The Kier molecular flexibility index (Phi) is 3.98. The van der Waals surface area contributed by atoms with Gasteiger partial charge in [0.05, 0.1) is 28.8 Å². The minimum atomic E-state index is -0.968. The number of nitrogens with zero attached hydrogens (tertiary/aromatic N) is 3. The first kappa shape index (κ1) is 14.9. The fourth-order valence-corrected chi connectivity index (χ4v) is 2.89. The number of morpholine rings is 1. The highest BCUT2D eigenvalue weighted by molar-refractivity contribution is 9.10. The van der Waals surface area contributed by atoms with Gasteiger partial charge in [-0.2, -0.15) is 14.4 Å². The second-order valence-corrected chi connectivity index (χ2v) is 6.02. The van der Waals surface area contributed by atoms with Crippen molar-refractivity contribution in [3.05, 3.63) is 27.5 Å². The average molecular weight is 379 g/mol. The van der Waals surface area contributed by atoms with Crippen molar-refractivity contribution in [2.24, 2.45) is 0 Å². The molecule has 0 amide bonds. The molecule has 3 rings (SSSR count). The number of halogens is 4. The molecule has 0 unspecified atom stereocenters. The summed E-state index contributed by atoms with van der Waals surface area (Å²) in [5, 5.41) is 0.577. The lowest BCUT2D eigenvalue weighted by atomic mass is 10.2. The summed E-state index contributed by atoms with van der Waals surface area (Å²) < 4.78 is 33.4. The Morgan fingerprint density at radius 1 is 1.43 bits per heavy atom. The summed E-state index contributed by atoms with van der Waals surface area (Å²) in [7, 11) is 0. The number of hydrogen-bond donors (Lipinski definition) is 0. The molecule has 0 spiro atoms. The lowest BCUT2D eigenvalue weighted by molar-refractivity contribution is 0.0986. The summed E-state index contributed by atoms with van der Waals surface area (Å²) in [5.41, 5.74) is -0.0903. The first-order chi connectivity index (χ1) is 9.99. The molecule has 1 aromatic heterocycles. The molecular weight excluding hydrogens is 368 g/mol. The highest BCUT2D eigenvalue weighted by Crippen LogP contribution is 2.35. The standard InChI is InChI=1S/C13H11BrClF2N3O/c1-6-5-21-3-2-20(6)12-7-4-8(15)9(14)10(16)11(7)18-13(17)19-12/h4,6H,2-3,5H2,1H3/t6-/m0/s1. The maximum Gasteiger partial charge on any atom is 0.311 e. The number of fused-ring (bicyclic) bond motifs is 1. The van der Waals surface area contributed by atoms with Gasteiger partial charge in [-0.1, -0.05) is 11.6 Å². The molecule has 8 heteroatoms. The quantitative estimate of drug-likeness (QED) is 0.562. The molecule has 1 aliphatic rings. The first-order valence-electron chi connectivity index (χ1n) is 6.34. The van der Waals surface area contributed by atoms with Crippen molar-refractivity contribution < 1.29 is 13.5 Å². The van der Waals surface area contributed by atoms with Gasteiger partial charge in [0, 0.05) is 11.9 Å². The van der Waals surface area contributed by atoms with Crippen molar-refractivity contribution in [3.8, 4) is 0 Å². The molecule has 0 aliphatic carbocycles. The zero-order valence-electron chi connectivity index (χ0n) is 11.0. The number of rotatable bonds is 1. The summed E-state index contributed by atoms with van der Waals surface area (Å²) in [6.45, 7) is 3.48. The summed E-state index contributed by atoms with van der Waals surface area (Å²) in [5.74, 6) is -0.359. The summed E-state index contributed by atoms with van der Waals surface area (Å²) in [6, 6.07) is 1.54. The van der Waals surface area contributed by atoms with E-state index in [1.807, 2.05) is 11.8 Å². The molecule has 0 saturated carbocycles. The van der Waals surface area contributed by atoms with E-state index in [0.29, 0.717) is 31.0 Å². The van der Waals surface area contributed by atoms with Gasteiger partial charge in [0.1, 0.15) is 11.3 Å². The Hall–Kier alpha value is -1.05. The van der Waals surface area contributed by atoms with Crippen molar-refractivity contribution in [1.82, 2.24) is 9.97 Å². The van der Waals surface area contributed by atoms with Crippen LogP contribution in [-0.4, -0.2) is 35.8 Å². The van der Waals surface area contributed by atoms with Gasteiger partial charge in [0.2, 0.25) is 0 Å². The van der Waals surface area contributed by atoms with Crippen molar-refractivity contribution in [2.45, 2.75) is 13.0 Å². The fourth-order valence-electron chi connectivity index (χ4n) is 2.39. The van der Waals surface area contributed by atoms with E-state index in [-0.39, 0.29) is 21.1 Å². The largest absolute Gasteiger partial charge is 0.377 e. The number of hydrogen-bond acceptors (Lipinski definition) is 4. The van der Waals surface area contributed by atoms with Crippen LogP contribution in [0.5, 0.6) is 0 Å². The highest BCUT2D eigenvalue weighted by Gasteiger charge is 2.25. The van der Waals surface area contributed by atoms with Crippen molar-refractivity contribution in [2.75, 3.05) is 24.7 Å². The van der Waals surface area contributed by atoms with Gasteiger partial charge in [-0.25, -0.2) is 4.39 Å². The first-order valence-corrected chi connectivity index (χ1v) is 7.51. The third-order valence-electron chi connectivity index (χ3n) is 3.42. The van der Waals surface area contributed by atoms with Crippen LogP contribution in [-0.2, 0) is 4.74 Å². The van der Waals surface area contributed by atoms with E-state index in [0.717, 1.165) is 0 Å². The maximum atomic E-state index is 14.3. The Labute approximate surface area is 133 Å². The Bertz CT molecular complexity index is 716. The van der Waals surface area contributed by atoms with Gasteiger partial charge in [0.15, 0.2) is 5.82 Å². The van der Waals surface area contributed by atoms with E-state index in [4.69, 9.17) is 16.3 Å². The number of benzene rings is 1. The highest BCUT2D eigenvalue weighted by atomic mass is 79.9. The molecule has 2 heterocycles. The van der Waals surface area contributed by atoms with Crippen LogP contribution in [0.2, 0.25) is 5.02 Å². The van der Waals surface area contributed by atoms with Crippen LogP contribution in [0.4, 0.5) is 14.6 Å². The van der Waals surface area contributed by atoms with Crippen LogP contribution in [0, 0.1) is 11.9 Å². The molecule has 112 valence electrons. The van der Waals surface area contributed by atoms with E-state index >= 15 is 0 Å². The maximum absolute atomic E-state index is 14.3. The Morgan fingerprint density at radius 2 is 2.19 bits per heavy atom. The zero-order chi connectivity index (χ0) is 15.1. The van der Waals surface area contributed by atoms with Crippen molar-refractivity contribution in [1.29, 1.82) is 0 Å². The molecule has 0 radical (unpaired) electrons. The summed E-state index contributed by atoms with van der Waals surface area (Å²) in [4.78, 5) is 9.27. The molecule has 1 fully saturated rings. The Morgan fingerprint density at radius 3 is 2.90 bits per heavy atom. The van der Waals surface area contributed by atoms with Gasteiger partial charge >= 0.3 is 6.08 Å². The van der Waals surface area contributed by atoms with Gasteiger partial charge in [-0.05, 0) is 28.9 Å². The topological polar surface area (TPSA) is 38.2 Å². The molecular formula is C13H11BrClF2N3O. The molecule has 0 N–H and O–H groups in total. The predicted octanol–water partition coefficient (Wildman–Crippen LogP) is 3.55. The van der Waals surface area contributed by atoms with Crippen LogP contribution < -0.4 is 4.90 Å². The zero-order valence-corrected chi connectivity index (χ0v) is 13.4. The van der Waals surface area contributed by atoms with Crippen LogP contribution >= 0.6 is 27.5 Å². The molecule has 1 aliphatic heterocycles. The second kappa shape index (κ2) is 5.62. The SMILES string of the molecule is C[C@H]1COCCN1c1nc(F)nc2c(F)c(Br)c(Cl)cc12. The smallest absolute Gasteiger partial charge is 0.311 e. The van der Waals surface area contributed by atoms with Gasteiger partial charge in [0.25, 0.3) is 0 Å². The number of ether oxygens (including phenoxy) is 1. The average Bonchev–Trinajstić information content (AvgIpc) is 2.46. The van der Waals surface area contributed by atoms with Crippen molar-refractivity contribution in [3.63, 3.8) is 0 Å². The van der Waals surface area contributed by atoms with Crippen LogP contribution in [0.1, 0.15) is 6.92 Å². The fraction of sp³-hybridized carbons (Fsp3) is 0.385. The molecule has 21 heavy (non-hydrogen) atoms. The molecule has 1 saturated heterocycles. The third kappa shape index (κ3) is 2.58. The van der Waals surface area contributed by atoms with Crippen molar-refractivity contribution >= 4 is 44.3 Å². The molecule has 4 nitrogen and oxygen atoms in total. The third-order valence-corrected chi connectivity index (χ3v) is 4.72. The molecule has 2 aromatic rings. The van der Waals surface area contributed by atoms with E-state index < -0.39 is 11.9 Å². The summed E-state index contributed by atoms with van der Waals surface area (Å²) in [6.07, 6.45) is -0.968. The molecule has 1 aromatic carbocycles. The minimum Gasteiger partial charge on any atom is -0.377 e. The van der Waals surface area contributed by atoms with E-state index in [1.165, 1.54) is 0 Å². The van der Waals surface area contributed by atoms with Crippen LogP contribution in [0.25, 0.3) is 10.9 Å².